The molecule has 0 aliphatic heterocycles. The number of amides is 2. The number of nitrogens with zero attached hydrogens (tertiary/aromatic N) is 2. The summed E-state index contributed by atoms with van der Waals surface area (Å²) in [5.74, 6) is 0.178. The third-order valence-corrected chi connectivity index (χ3v) is 7.42. The van der Waals surface area contributed by atoms with E-state index in [1.54, 1.807) is 41.3 Å². The highest BCUT2D eigenvalue weighted by Crippen LogP contribution is 2.33. The van der Waals surface area contributed by atoms with E-state index in [2.05, 4.69) is 0 Å². The van der Waals surface area contributed by atoms with Gasteiger partial charge in [0, 0.05) is 37.0 Å². The molecule has 178 valence electrons. The van der Waals surface area contributed by atoms with Gasteiger partial charge in [0.05, 0.1) is 17.3 Å². The first-order chi connectivity index (χ1) is 15.6. The van der Waals surface area contributed by atoms with Crippen LogP contribution in [0.15, 0.2) is 53.4 Å². The molecular formula is C25H32N2O5S. The zero-order valence-electron chi connectivity index (χ0n) is 19.4. The van der Waals surface area contributed by atoms with Gasteiger partial charge in [-0.25, -0.2) is 8.42 Å². The van der Waals surface area contributed by atoms with Gasteiger partial charge in [0.15, 0.2) is 9.84 Å². The van der Waals surface area contributed by atoms with Crippen molar-refractivity contribution in [3.8, 4) is 0 Å². The molecule has 0 aromatic heterocycles. The number of hydrogen-bond acceptors (Lipinski definition) is 5. The van der Waals surface area contributed by atoms with Gasteiger partial charge in [-0.15, -0.1) is 0 Å². The van der Waals surface area contributed by atoms with Crippen LogP contribution in [0.1, 0.15) is 44.0 Å². The topological polar surface area (TPSA) is 95.0 Å². The molecule has 1 aliphatic rings. The third-order valence-electron chi connectivity index (χ3n) is 5.51. The van der Waals surface area contributed by atoms with Crippen LogP contribution >= 0.6 is 0 Å². The van der Waals surface area contributed by atoms with Crippen LogP contribution in [-0.2, 0) is 14.6 Å². The fourth-order valence-corrected chi connectivity index (χ4v) is 5.50. The number of carbonyl (C=O) groups excluding carboxylic acids is 2. The maximum Gasteiger partial charge on any atom is 0.254 e. The van der Waals surface area contributed by atoms with Gasteiger partial charge in [0.1, 0.15) is 0 Å². The molecule has 1 N–H and O–H groups in total. The molecule has 0 radical (unpaired) electrons. The summed E-state index contributed by atoms with van der Waals surface area (Å²) < 4.78 is 25.1. The monoisotopic (exact) mass is 472 g/mol. The van der Waals surface area contributed by atoms with E-state index in [0.29, 0.717) is 23.5 Å². The molecule has 0 saturated heterocycles. The molecule has 1 fully saturated rings. The largest absolute Gasteiger partial charge is 0.395 e. The Hall–Kier alpha value is -2.71. The summed E-state index contributed by atoms with van der Waals surface area (Å²) in [6.45, 7) is 6.03. The number of hydrogen-bond donors (Lipinski definition) is 1. The molecule has 2 aromatic carbocycles. The molecule has 2 aromatic rings. The summed E-state index contributed by atoms with van der Waals surface area (Å²) in [6, 6.07) is 13.1. The van der Waals surface area contributed by atoms with Crippen molar-refractivity contribution in [3.05, 3.63) is 54.1 Å². The van der Waals surface area contributed by atoms with Crippen LogP contribution in [-0.4, -0.2) is 55.7 Å². The van der Waals surface area contributed by atoms with Crippen LogP contribution in [0.2, 0.25) is 0 Å². The average molecular weight is 473 g/mol. The Kier molecular flexibility index (Phi) is 7.92. The molecule has 8 heteroatoms. The first kappa shape index (κ1) is 24.9. The molecule has 0 unspecified atom stereocenters. The SMILES string of the molecule is CC(=O)N(c1ccc(S(=O)(=O)CC2CC2)cc1)c1cccc(C(=O)N(CCO)CC(C)C)c1. The predicted octanol–water partition coefficient (Wildman–Crippen LogP) is 3.65. The normalized spacial score (nSPS) is 13.7. The Balaban J connectivity index is 1.88. The van der Waals surface area contributed by atoms with Crippen LogP contribution in [0, 0.1) is 11.8 Å². The number of sulfone groups is 1. The molecule has 1 saturated carbocycles. The van der Waals surface area contributed by atoms with Crippen LogP contribution in [0.3, 0.4) is 0 Å². The van der Waals surface area contributed by atoms with Crippen molar-refractivity contribution in [2.75, 3.05) is 30.3 Å². The molecule has 7 nitrogen and oxygen atoms in total. The third kappa shape index (κ3) is 6.42. The molecule has 33 heavy (non-hydrogen) atoms. The van der Waals surface area contributed by atoms with Crippen LogP contribution in [0.5, 0.6) is 0 Å². The lowest BCUT2D eigenvalue weighted by Gasteiger charge is -2.25. The van der Waals surface area contributed by atoms with E-state index in [9.17, 15) is 23.1 Å². The Bertz CT molecular complexity index is 1090. The van der Waals surface area contributed by atoms with E-state index in [-0.39, 0.29) is 47.5 Å². The van der Waals surface area contributed by atoms with E-state index in [1.165, 1.54) is 24.0 Å². The standard InChI is InChI=1S/C25H32N2O5S/c1-18(2)16-26(13-14-28)25(30)21-5-4-6-23(15-21)27(19(3)29)22-9-11-24(12-10-22)33(31,32)17-20-7-8-20/h4-6,9-12,15,18,20,28H,7-8,13-14,16-17H2,1-3H3. The van der Waals surface area contributed by atoms with Gasteiger partial charge in [-0.1, -0.05) is 19.9 Å². The molecule has 3 rings (SSSR count). The molecule has 0 spiro atoms. The Morgan fingerprint density at radius 1 is 1.06 bits per heavy atom. The van der Waals surface area contributed by atoms with Gasteiger partial charge in [0.25, 0.3) is 5.91 Å². The summed E-state index contributed by atoms with van der Waals surface area (Å²) >= 11 is 0. The van der Waals surface area contributed by atoms with Crippen molar-refractivity contribution < 1.29 is 23.1 Å². The molecule has 0 atom stereocenters. The number of benzene rings is 2. The molecule has 0 bridgehead atoms. The van der Waals surface area contributed by atoms with E-state index in [1.807, 2.05) is 13.8 Å². The van der Waals surface area contributed by atoms with Gasteiger partial charge >= 0.3 is 0 Å². The highest BCUT2D eigenvalue weighted by atomic mass is 32.2. The van der Waals surface area contributed by atoms with Gasteiger partial charge in [-0.2, -0.15) is 0 Å². The Morgan fingerprint density at radius 2 is 1.73 bits per heavy atom. The van der Waals surface area contributed by atoms with Crippen molar-refractivity contribution in [2.45, 2.75) is 38.5 Å². The van der Waals surface area contributed by atoms with Crippen molar-refractivity contribution in [3.63, 3.8) is 0 Å². The lowest BCUT2D eigenvalue weighted by molar-refractivity contribution is -0.115. The molecule has 2 amide bonds. The Labute approximate surface area is 195 Å². The lowest BCUT2D eigenvalue weighted by atomic mass is 10.1. The molecule has 0 heterocycles. The van der Waals surface area contributed by atoms with Gasteiger partial charge in [-0.3, -0.25) is 14.5 Å². The number of aliphatic hydroxyl groups excluding tert-OH is 1. The second-order valence-corrected chi connectivity index (χ2v) is 11.0. The van der Waals surface area contributed by atoms with Crippen molar-refractivity contribution in [2.24, 2.45) is 11.8 Å². The maximum absolute atomic E-state index is 13.0. The minimum absolute atomic E-state index is 0.131. The summed E-state index contributed by atoms with van der Waals surface area (Å²) in [5, 5.41) is 9.35. The number of carbonyl (C=O) groups is 2. The van der Waals surface area contributed by atoms with Crippen LogP contribution < -0.4 is 4.90 Å². The Morgan fingerprint density at radius 3 is 2.27 bits per heavy atom. The zero-order chi connectivity index (χ0) is 24.2. The summed E-state index contributed by atoms with van der Waals surface area (Å²) in [4.78, 5) is 28.9. The van der Waals surface area contributed by atoms with Crippen molar-refractivity contribution >= 4 is 33.0 Å². The van der Waals surface area contributed by atoms with Crippen molar-refractivity contribution in [1.82, 2.24) is 4.90 Å². The molecule has 1 aliphatic carbocycles. The second-order valence-electron chi connectivity index (χ2n) is 8.99. The van der Waals surface area contributed by atoms with Gasteiger partial charge in [-0.05, 0) is 67.1 Å². The fourth-order valence-electron chi connectivity index (χ4n) is 3.80. The second kappa shape index (κ2) is 10.5. The van der Waals surface area contributed by atoms with E-state index < -0.39 is 9.84 Å². The van der Waals surface area contributed by atoms with E-state index >= 15 is 0 Å². The highest BCUT2D eigenvalue weighted by molar-refractivity contribution is 7.91. The first-order valence-corrected chi connectivity index (χ1v) is 12.9. The van der Waals surface area contributed by atoms with Gasteiger partial charge in [0.2, 0.25) is 5.91 Å². The zero-order valence-corrected chi connectivity index (χ0v) is 20.2. The summed E-state index contributed by atoms with van der Waals surface area (Å²) in [7, 11) is -3.34. The lowest BCUT2D eigenvalue weighted by Crippen LogP contribution is -2.36. The van der Waals surface area contributed by atoms with Crippen LogP contribution in [0.4, 0.5) is 11.4 Å². The number of anilines is 2. The quantitative estimate of drug-likeness (QED) is 0.570. The maximum atomic E-state index is 13.0. The number of rotatable bonds is 10. The predicted molar refractivity (Wildman–Crippen MR) is 128 cm³/mol. The van der Waals surface area contributed by atoms with E-state index in [4.69, 9.17) is 0 Å². The smallest absolute Gasteiger partial charge is 0.254 e. The first-order valence-electron chi connectivity index (χ1n) is 11.3. The minimum Gasteiger partial charge on any atom is -0.395 e. The minimum atomic E-state index is -3.34. The highest BCUT2D eigenvalue weighted by Gasteiger charge is 2.29. The summed E-state index contributed by atoms with van der Waals surface area (Å²) in [6.07, 6.45) is 1.91. The number of aliphatic hydroxyl groups is 1. The van der Waals surface area contributed by atoms with Gasteiger partial charge < -0.3 is 10.0 Å². The fraction of sp³-hybridized carbons (Fsp3) is 0.440. The van der Waals surface area contributed by atoms with Crippen LogP contribution in [0.25, 0.3) is 0 Å². The molecular weight excluding hydrogens is 440 g/mol. The average Bonchev–Trinajstić information content (AvgIpc) is 3.56. The van der Waals surface area contributed by atoms with E-state index in [0.717, 1.165) is 12.8 Å². The summed E-state index contributed by atoms with van der Waals surface area (Å²) in [5.41, 5.74) is 1.44. The van der Waals surface area contributed by atoms with Crippen molar-refractivity contribution in [1.29, 1.82) is 0 Å².